The van der Waals surface area contributed by atoms with E-state index in [0.717, 1.165) is 6.42 Å². The van der Waals surface area contributed by atoms with Crippen molar-refractivity contribution in [3.8, 4) is 0 Å². The van der Waals surface area contributed by atoms with Crippen molar-refractivity contribution < 1.29 is 9.18 Å². The van der Waals surface area contributed by atoms with Crippen LogP contribution in [0.25, 0.3) is 0 Å². The Labute approximate surface area is 117 Å². The highest BCUT2D eigenvalue weighted by molar-refractivity contribution is 9.10. The van der Waals surface area contributed by atoms with Gasteiger partial charge in [0.25, 0.3) is 5.91 Å². The molecule has 0 aliphatic heterocycles. The summed E-state index contributed by atoms with van der Waals surface area (Å²) in [5.74, 6) is -0.683. The molecule has 1 aromatic carbocycles. The average Bonchev–Trinajstić information content (AvgIpc) is 2.14. The zero-order valence-corrected chi connectivity index (χ0v) is 12.8. The summed E-state index contributed by atoms with van der Waals surface area (Å²) in [5.41, 5.74) is 0.325. The first-order chi connectivity index (χ1) is 7.88. The standard InChI is InChI=1S/C12H14Br2FNO/c1-7(13)3-8(2)16-12(17)9-4-10(14)6-11(15)5-9/h4-8H,3H2,1-2H3,(H,16,17). The monoisotopic (exact) mass is 365 g/mol. The van der Waals surface area contributed by atoms with Crippen molar-refractivity contribution in [2.75, 3.05) is 0 Å². The van der Waals surface area contributed by atoms with Crippen molar-refractivity contribution in [3.63, 3.8) is 0 Å². The number of carbonyl (C=O) groups excluding carboxylic acids is 1. The number of benzene rings is 1. The minimum atomic E-state index is -0.425. The lowest BCUT2D eigenvalue weighted by atomic mass is 10.1. The van der Waals surface area contributed by atoms with E-state index >= 15 is 0 Å². The Bertz CT molecular complexity index is 389. The van der Waals surface area contributed by atoms with E-state index in [0.29, 0.717) is 14.9 Å². The van der Waals surface area contributed by atoms with Gasteiger partial charge in [-0.1, -0.05) is 38.8 Å². The van der Waals surface area contributed by atoms with Crippen LogP contribution in [0, 0.1) is 5.82 Å². The fourth-order valence-electron chi connectivity index (χ4n) is 1.54. The van der Waals surface area contributed by atoms with Crippen LogP contribution in [0.3, 0.4) is 0 Å². The van der Waals surface area contributed by atoms with E-state index in [2.05, 4.69) is 37.2 Å². The molecular weight excluding hydrogens is 353 g/mol. The Morgan fingerprint density at radius 2 is 2.06 bits per heavy atom. The van der Waals surface area contributed by atoms with Crippen LogP contribution >= 0.6 is 31.9 Å². The van der Waals surface area contributed by atoms with Gasteiger partial charge in [-0.15, -0.1) is 0 Å². The van der Waals surface area contributed by atoms with E-state index in [1.54, 1.807) is 6.07 Å². The second-order valence-electron chi connectivity index (χ2n) is 4.05. The summed E-state index contributed by atoms with van der Waals surface area (Å²) in [4.78, 5) is 12.2. The van der Waals surface area contributed by atoms with Gasteiger partial charge in [-0.3, -0.25) is 4.79 Å². The zero-order chi connectivity index (χ0) is 13.0. The van der Waals surface area contributed by atoms with Crippen molar-refractivity contribution in [3.05, 3.63) is 34.1 Å². The third kappa shape index (κ3) is 5.17. The maximum atomic E-state index is 13.1. The van der Waals surface area contributed by atoms with Crippen LogP contribution in [0.15, 0.2) is 22.7 Å². The second kappa shape index (κ2) is 6.50. The van der Waals surface area contributed by atoms with Gasteiger partial charge in [0, 0.05) is 20.9 Å². The first-order valence-electron chi connectivity index (χ1n) is 5.29. The van der Waals surface area contributed by atoms with Crippen LogP contribution in [0.5, 0.6) is 0 Å². The van der Waals surface area contributed by atoms with Gasteiger partial charge in [0.2, 0.25) is 0 Å². The largest absolute Gasteiger partial charge is 0.350 e. The zero-order valence-electron chi connectivity index (χ0n) is 9.64. The number of amides is 1. The van der Waals surface area contributed by atoms with Gasteiger partial charge in [0.15, 0.2) is 0 Å². The maximum absolute atomic E-state index is 13.1. The Morgan fingerprint density at radius 3 is 2.59 bits per heavy atom. The Hall–Kier alpha value is -0.420. The third-order valence-corrected chi connectivity index (χ3v) is 3.01. The molecular formula is C12H14Br2FNO. The van der Waals surface area contributed by atoms with Gasteiger partial charge < -0.3 is 5.32 Å². The summed E-state index contributed by atoms with van der Waals surface area (Å²) in [5, 5.41) is 2.83. The molecule has 1 rings (SSSR count). The lowest BCUT2D eigenvalue weighted by Crippen LogP contribution is -2.33. The Kier molecular flexibility index (Phi) is 5.59. The molecule has 0 aromatic heterocycles. The third-order valence-electron chi connectivity index (χ3n) is 2.18. The first-order valence-corrected chi connectivity index (χ1v) is 7.00. The molecule has 0 bridgehead atoms. The molecule has 0 spiro atoms. The van der Waals surface area contributed by atoms with Crippen LogP contribution in [0.4, 0.5) is 4.39 Å². The van der Waals surface area contributed by atoms with Gasteiger partial charge >= 0.3 is 0 Å². The molecule has 0 heterocycles. The molecule has 5 heteroatoms. The lowest BCUT2D eigenvalue weighted by Gasteiger charge is -2.15. The number of hydrogen-bond donors (Lipinski definition) is 1. The van der Waals surface area contributed by atoms with E-state index in [-0.39, 0.29) is 11.9 Å². The summed E-state index contributed by atoms with van der Waals surface area (Å²) in [6, 6.07) is 4.19. The smallest absolute Gasteiger partial charge is 0.251 e. The fraction of sp³-hybridized carbons (Fsp3) is 0.417. The summed E-state index contributed by atoms with van der Waals surface area (Å²) in [6.07, 6.45) is 0.822. The van der Waals surface area contributed by atoms with Crippen molar-refractivity contribution in [1.29, 1.82) is 0 Å². The van der Waals surface area contributed by atoms with Crippen molar-refractivity contribution in [2.45, 2.75) is 31.1 Å². The fourth-order valence-corrected chi connectivity index (χ4v) is 2.56. The number of rotatable bonds is 4. The molecule has 0 saturated carbocycles. The average molecular weight is 367 g/mol. The van der Waals surface area contributed by atoms with Crippen LogP contribution < -0.4 is 5.32 Å². The second-order valence-corrected chi connectivity index (χ2v) is 6.53. The first kappa shape index (κ1) is 14.6. The topological polar surface area (TPSA) is 29.1 Å². The quantitative estimate of drug-likeness (QED) is 0.805. The highest BCUT2D eigenvalue weighted by atomic mass is 79.9. The summed E-state index contributed by atoms with van der Waals surface area (Å²) in [6.45, 7) is 3.94. The highest BCUT2D eigenvalue weighted by Crippen LogP contribution is 2.15. The predicted octanol–water partition coefficient (Wildman–Crippen LogP) is 3.88. The van der Waals surface area contributed by atoms with Gasteiger partial charge in [-0.05, 0) is 31.5 Å². The van der Waals surface area contributed by atoms with Gasteiger partial charge in [-0.25, -0.2) is 4.39 Å². The molecule has 0 fully saturated rings. The molecule has 0 radical (unpaired) electrons. The summed E-state index contributed by atoms with van der Waals surface area (Å²) >= 11 is 6.59. The predicted molar refractivity (Wildman–Crippen MR) is 74.0 cm³/mol. The van der Waals surface area contributed by atoms with Crippen LogP contribution in [-0.4, -0.2) is 16.8 Å². The van der Waals surface area contributed by atoms with Crippen LogP contribution in [0.2, 0.25) is 0 Å². The highest BCUT2D eigenvalue weighted by Gasteiger charge is 2.12. The van der Waals surface area contributed by atoms with Crippen molar-refractivity contribution >= 4 is 37.8 Å². The van der Waals surface area contributed by atoms with Crippen LogP contribution in [0.1, 0.15) is 30.6 Å². The minimum Gasteiger partial charge on any atom is -0.350 e. The van der Waals surface area contributed by atoms with E-state index < -0.39 is 5.82 Å². The molecule has 17 heavy (non-hydrogen) atoms. The minimum absolute atomic E-state index is 0.0407. The number of halogens is 3. The molecule has 2 unspecified atom stereocenters. The molecule has 94 valence electrons. The molecule has 2 atom stereocenters. The Balaban J connectivity index is 2.69. The number of hydrogen-bond acceptors (Lipinski definition) is 1. The van der Waals surface area contributed by atoms with Crippen molar-refractivity contribution in [2.24, 2.45) is 0 Å². The molecule has 0 saturated heterocycles. The normalized spacial score (nSPS) is 14.2. The van der Waals surface area contributed by atoms with Gasteiger partial charge in [0.05, 0.1) is 0 Å². The molecule has 1 amide bonds. The van der Waals surface area contributed by atoms with E-state index in [1.807, 2.05) is 13.8 Å². The number of alkyl halides is 1. The van der Waals surface area contributed by atoms with Crippen LogP contribution in [-0.2, 0) is 0 Å². The van der Waals surface area contributed by atoms with Crippen molar-refractivity contribution in [1.82, 2.24) is 5.32 Å². The SMILES string of the molecule is CC(Br)CC(C)NC(=O)c1cc(F)cc(Br)c1. The van der Waals surface area contributed by atoms with E-state index in [9.17, 15) is 9.18 Å². The lowest BCUT2D eigenvalue weighted by molar-refractivity contribution is 0.0938. The van der Waals surface area contributed by atoms with Gasteiger partial charge in [-0.2, -0.15) is 0 Å². The molecule has 1 N–H and O–H groups in total. The molecule has 1 aromatic rings. The number of carbonyl (C=O) groups is 1. The van der Waals surface area contributed by atoms with E-state index in [4.69, 9.17) is 0 Å². The summed E-state index contributed by atoms with van der Waals surface area (Å²) < 4.78 is 13.7. The summed E-state index contributed by atoms with van der Waals surface area (Å²) in [7, 11) is 0. The van der Waals surface area contributed by atoms with E-state index in [1.165, 1.54) is 12.1 Å². The maximum Gasteiger partial charge on any atom is 0.251 e. The van der Waals surface area contributed by atoms with Gasteiger partial charge in [0.1, 0.15) is 5.82 Å². The molecule has 0 aliphatic carbocycles. The molecule has 0 aliphatic rings. The number of nitrogens with one attached hydrogen (secondary N) is 1. The molecule has 2 nitrogen and oxygen atoms in total. The Morgan fingerprint density at radius 1 is 1.41 bits per heavy atom.